The molecule has 0 radical (unpaired) electrons. The first-order valence-electron chi connectivity index (χ1n) is 5.56. The zero-order chi connectivity index (χ0) is 13.1. The van der Waals surface area contributed by atoms with Crippen molar-refractivity contribution < 1.29 is 4.74 Å². The molecule has 0 aliphatic heterocycles. The third-order valence-electron chi connectivity index (χ3n) is 2.44. The van der Waals surface area contributed by atoms with Crippen LogP contribution in [0.2, 0.25) is 0 Å². The molecule has 0 spiro atoms. The Morgan fingerprint density at radius 1 is 1.17 bits per heavy atom. The Morgan fingerprint density at radius 3 is 2.67 bits per heavy atom. The standard InChI is InChI=1S/C13H14BrN3O/c1-8-4-5-10(14)6-11(8)18-13-7-12(15-3)16-9(2)17-13/h4-7H,1-3H3,(H,15,16,17). The van der Waals surface area contributed by atoms with Gasteiger partial charge in [-0.1, -0.05) is 22.0 Å². The zero-order valence-electron chi connectivity index (χ0n) is 10.5. The summed E-state index contributed by atoms with van der Waals surface area (Å²) in [6.07, 6.45) is 0. The molecule has 0 atom stereocenters. The lowest BCUT2D eigenvalue weighted by molar-refractivity contribution is 0.456. The molecule has 4 nitrogen and oxygen atoms in total. The third kappa shape index (κ3) is 2.98. The minimum absolute atomic E-state index is 0.535. The first-order valence-corrected chi connectivity index (χ1v) is 6.35. The average molecular weight is 308 g/mol. The topological polar surface area (TPSA) is 47.0 Å². The van der Waals surface area contributed by atoms with E-state index in [-0.39, 0.29) is 0 Å². The van der Waals surface area contributed by atoms with E-state index in [1.54, 1.807) is 6.07 Å². The summed E-state index contributed by atoms with van der Waals surface area (Å²) in [6.45, 7) is 3.83. The first-order chi connectivity index (χ1) is 8.58. The number of hydrogen-bond acceptors (Lipinski definition) is 4. The summed E-state index contributed by atoms with van der Waals surface area (Å²) in [5.41, 5.74) is 1.06. The molecule has 1 N–H and O–H groups in total. The lowest BCUT2D eigenvalue weighted by atomic mass is 10.2. The maximum absolute atomic E-state index is 5.79. The van der Waals surface area contributed by atoms with Crippen molar-refractivity contribution in [2.75, 3.05) is 12.4 Å². The molecule has 0 aliphatic carbocycles. The summed E-state index contributed by atoms with van der Waals surface area (Å²) >= 11 is 3.43. The van der Waals surface area contributed by atoms with Gasteiger partial charge in [-0.05, 0) is 31.5 Å². The van der Waals surface area contributed by atoms with E-state index in [0.29, 0.717) is 11.7 Å². The van der Waals surface area contributed by atoms with Gasteiger partial charge in [-0.25, -0.2) is 4.98 Å². The van der Waals surface area contributed by atoms with Crippen LogP contribution in [0.15, 0.2) is 28.7 Å². The Morgan fingerprint density at radius 2 is 1.94 bits per heavy atom. The van der Waals surface area contributed by atoms with Gasteiger partial charge >= 0.3 is 0 Å². The van der Waals surface area contributed by atoms with E-state index in [1.165, 1.54) is 0 Å². The van der Waals surface area contributed by atoms with E-state index in [9.17, 15) is 0 Å². The molecule has 0 bridgehead atoms. The van der Waals surface area contributed by atoms with Crippen molar-refractivity contribution in [3.8, 4) is 11.6 Å². The lowest BCUT2D eigenvalue weighted by Gasteiger charge is -2.10. The van der Waals surface area contributed by atoms with Crippen LogP contribution in [-0.2, 0) is 0 Å². The molecule has 0 amide bonds. The molecular formula is C13H14BrN3O. The van der Waals surface area contributed by atoms with Gasteiger partial charge in [0, 0.05) is 17.6 Å². The van der Waals surface area contributed by atoms with Gasteiger partial charge in [0.05, 0.1) is 0 Å². The van der Waals surface area contributed by atoms with Crippen LogP contribution in [0.3, 0.4) is 0 Å². The first kappa shape index (κ1) is 12.8. The molecule has 1 aromatic carbocycles. The van der Waals surface area contributed by atoms with Crippen molar-refractivity contribution in [1.29, 1.82) is 0 Å². The number of aryl methyl sites for hydroxylation is 2. The second-order valence-corrected chi connectivity index (χ2v) is 4.82. The van der Waals surface area contributed by atoms with Crippen LogP contribution in [0.1, 0.15) is 11.4 Å². The van der Waals surface area contributed by atoms with E-state index < -0.39 is 0 Å². The number of nitrogens with one attached hydrogen (secondary N) is 1. The van der Waals surface area contributed by atoms with Gasteiger partial charge in [-0.15, -0.1) is 0 Å². The van der Waals surface area contributed by atoms with Gasteiger partial charge in [0.1, 0.15) is 17.4 Å². The molecule has 2 rings (SSSR count). The van der Waals surface area contributed by atoms with Crippen molar-refractivity contribution in [3.05, 3.63) is 40.1 Å². The Bertz CT molecular complexity index is 572. The predicted molar refractivity (Wildman–Crippen MR) is 75.3 cm³/mol. The highest BCUT2D eigenvalue weighted by molar-refractivity contribution is 9.10. The summed E-state index contributed by atoms with van der Waals surface area (Å²) in [5, 5.41) is 2.98. The third-order valence-corrected chi connectivity index (χ3v) is 2.93. The largest absolute Gasteiger partial charge is 0.439 e. The van der Waals surface area contributed by atoms with Crippen LogP contribution in [0.25, 0.3) is 0 Å². The van der Waals surface area contributed by atoms with E-state index in [1.807, 2.05) is 39.1 Å². The molecule has 0 saturated carbocycles. The predicted octanol–water partition coefficient (Wildman–Crippen LogP) is 3.69. The van der Waals surface area contributed by atoms with E-state index >= 15 is 0 Å². The molecule has 0 unspecified atom stereocenters. The average Bonchev–Trinajstić information content (AvgIpc) is 2.33. The van der Waals surface area contributed by atoms with Crippen molar-refractivity contribution >= 4 is 21.7 Å². The number of benzene rings is 1. The lowest BCUT2D eigenvalue weighted by Crippen LogP contribution is -1.99. The molecule has 0 aliphatic rings. The number of aromatic nitrogens is 2. The molecule has 94 valence electrons. The fourth-order valence-electron chi connectivity index (χ4n) is 1.52. The SMILES string of the molecule is CNc1cc(Oc2cc(Br)ccc2C)nc(C)n1. The maximum Gasteiger partial charge on any atom is 0.224 e. The Labute approximate surface area is 115 Å². The molecule has 5 heteroatoms. The van der Waals surface area contributed by atoms with E-state index in [0.717, 1.165) is 21.6 Å². The number of ether oxygens (including phenoxy) is 1. The monoisotopic (exact) mass is 307 g/mol. The number of anilines is 1. The molecule has 2 aromatic rings. The highest BCUT2D eigenvalue weighted by atomic mass is 79.9. The van der Waals surface area contributed by atoms with Gasteiger partial charge < -0.3 is 10.1 Å². The molecule has 1 heterocycles. The number of hydrogen-bond donors (Lipinski definition) is 1. The molecular weight excluding hydrogens is 294 g/mol. The van der Waals surface area contributed by atoms with E-state index in [2.05, 4.69) is 31.2 Å². The van der Waals surface area contributed by atoms with Crippen LogP contribution >= 0.6 is 15.9 Å². The second kappa shape index (κ2) is 5.35. The van der Waals surface area contributed by atoms with Crippen LogP contribution < -0.4 is 10.1 Å². The summed E-state index contributed by atoms with van der Waals surface area (Å²) in [7, 11) is 1.82. The summed E-state index contributed by atoms with van der Waals surface area (Å²) < 4.78 is 6.77. The van der Waals surface area contributed by atoms with Crippen LogP contribution in [0, 0.1) is 13.8 Å². The molecule has 1 aromatic heterocycles. The van der Waals surface area contributed by atoms with Crippen molar-refractivity contribution in [2.45, 2.75) is 13.8 Å². The minimum Gasteiger partial charge on any atom is -0.439 e. The van der Waals surface area contributed by atoms with Gasteiger partial charge in [0.2, 0.25) is 5.88 Å². The van der Waals surface area contributed by atoms with Crippen LogP contribution in [0.5, 0.6) is 11.6 Å². The fourth-order valence-corrected chi connectivity index (χ4v) is 1.86. The number of rotatable bonds is 3. The van der Waals surface area contributed by atoms with Gasteiger partial charge in [0.15, 0.2) is 0 Å². The maximum atomic E-state index is 5.79. The Kier molecular flexibility index (Phi) is 3.81. The van der Waals surface area contributed by atoms with Gasteiger partial charge in [-0.2, -0.15) is 4.98 Å². The molecule has 0 fully saturated rings. The quantitative estimate of drug-likeness (QED) is 0.939. The number of halogens is 1. The zero-order valence-corrected chi connectivity index (χ0v) is 12.1. The van der Waals surface area contributed by atoms with Gasteiger partial charge in [-0.3, -0.25) is 0 Å². The van der Waals surface area contributed by atoms with Crippen molar-refractivity contribution in [2.24, 2.45) is 0 Å². The van der Waals surface area contributed by atoms with Crippen molar-refractivity contribution in [3.63, 3.8) is 0 Å². The smallest absolute Gasteiger partial charge is 0.224 e. The normalized spacial score (nSPS) is 10.2. The van der Waals surface area contributed by atoms with Crippen LogP contribution in [-0.4, -0.2) is 17.0 Å². The second-order valence-electron chi connectivity index (χ2n) is 3.90. The highest BCUT2D eigenvalue weighted by Crippen LogP contribution is 2.27. The van der Waals surface area contributed by atoms with E-state index in [4.69, 9.17) is 4.74 Å². The summed E-state index contributed by atoms with van der Waals surface area (Å²) in [5.74, 6) is 2.73. The minimum atomic E-state index is 0.535. The Hall–Kier alpha value is -1.62. The van der Waals surface area contributed by atoms with Gasteiger partial charge in [0.25, 0.3) is 0 Å². The fraction of sp³-hybridized carbons (Fsp3) is 0.231. The summed E-state index contributed by atoms with van der Waals surface area (Å²) in [4.78, 5) is 8.48. The number of nitrogens with zero attached hydrogens (tertiary/aromatic N) is 2. The highest BCUT2D eigenvalue weighted by Gasteiger charge is 2.06. The molecule has 0 saturated heterocycles. The van der Waals surface area contributed by atoms with Crippen LogP contribution in [0.4, 0.5) is 5.82 Å². The van der Waals surface area contributed by atoms with Crippen molar-refractivity contribution in [1.82, 2.24) is 9.97 Å². The Balaban J connectivity index is 2.33. The molecule has 18 heavy (non-hydrogen) atoms. The summed E-state index contributed by atoms with van der Waals surface area (Å²) in [6, 6.07) is 7.66.